The molecule has 4 nitrogen and oxygen atoms in total. The zero-order chi connectivity index (χ0) is 15.7. The number of rotatable bonds is 6. The third-order valence-corrected chi connectivity index (χ3v) is 2.75. The first-order chi connectivity index (χ1) is 9.95. The topological polar surface area (TPSA) is 47.9 Å². The minimum atomic E-state index is -0.320. The number of hydrogen-bond donors (Lipinski definition) is 0. The zero-order valence-electron chi connectivity index (χ0n) is 13.1. The molecule has 0 saturated carbocycles. The average molecular weight is 289 g/mol. The molecule has 0 N–H and O–H groups in total. The Morgan fingerprint density at radius 3 is 2.48 bits per heavy atom. The number of nitrogens with zero attached hydrogens (tertiary/aromatic N) is 1. The van der Waals surface area contributed by atoms with Gasteiger partial charge < -0.3 is 9.57 Å². The third kappa shape index (κ3) is 6.25. The number of benzene rings is 1. The predicted octanol–water partition coefficient (Wildman–Crippen LogP) is 3.72. The van der Waals surface area contributed by atoms with Gasteiger partial charge in [0, 0.05) is 5.57 Å². The van der Waals surface area contributed by atoms with Crippen molar-refractivity contribution in [1.82, 2.24) is 0 Å². The Balaban J connectivity index is 2.61. The third-order valence-electron chi connectivity index (χ3n) is 2.75. The summed E-state index contributed by atoms with van der Waals surface area (Å²) in [6, 6.07) is 9.76. The van der Waals surface area contributed by atoms with Crippen LogP contribution in [0.4, 0.5) is 0 Å². The van der Waals surface area contributed by atoms with Crippen molar-refractivity contribution < 1.29 is 14.4 Å². The molecule has 1 aromatic carbocycles. The molecule has 0 aliphatic carbocycles. The Kier molecular flexibility index (Phi) is 6.66. The molecule has 0 amide bonds. The Hall–Kier alpha value is -2.10. The molecule has 114 valence electrons. The number of hydrogen-bond acceptors (Lipinski definition) is 4. The molecule has 4 heteroatoms. The zero-order valence-corrected chi connectivity index (χ0v) is 13.1. The van der Waals surface area contributed by atoms with Crippen molar-refractivity contribution in [3.05, 3.63) is 47.5 Å². The normalized spacial score (nSPS) is 12.5. The van der Waals surface area contributed by atoms with Crippen molar-refractivity contribution >= 4 is 12.2 Å². The van der Waals surface area contributed by atoms with Crippen LogP contribution in [0.3, 0.4) is 0 Å². The Morgan fingerprint density at radius 1 is 1.24 bits per heavy atom. The summed E-state index contributed by atoms with van der Waals surface area (Å²) in [5, 5.41) is 3.85. The SMILES string of the molecule is CCOC(=O)/C(=C/C=N/OCc1ccccc1)C(C)(C)C. The fourth-order valence-corrected chi connectivity index (χ4v) is 1.67. The van der Waals surface area contributed by atoms with E-state index in [1.807, 2.05) is 51.1 Å². The molecule has 0 aromatic heterocycles. The van der Waals surface area contributed by atoms with Crippen LogP contribution >= 0.6 is 0 Å². The van der Waals surface area contributed by atoms with E-state index in [9.17, 15) is 4.79 Å². The van der Waals surface area contributed by atoms with E-state index in [0.29, 0.717) is 18.8 Å². The first-order valence-corrected chi connectivity index (χ1v) is 7.02. The van der Waals surface area contributed by atoms with E-state index in [1.165, 1.54) is 6.21 Å². The van der Waals surface area contributed by atoms with E-state index in [0.717, 1.165) is 5.56 Å². The van der Waals surface area contributed by atoms with Gasteiger partial charge in [-0.15, -0.1) is 0 Å². The minimum absolute atomic E-state index is 0.308. The highest BCUT2D eigenvalue weighted by Crippen LogP contribution is 2.25. The maximum Gasteiger partial charge on any atom is 0.334 e. The lowest BCUT2D eigenvalue weighted by atomic mass is 9.86. The first-order valence-electron chi connectivity index (χ1n) is 7.02. The van der Waals surface area contributed by atoms with Crippen LogP contribution in [0.5, 0.6) is 0 Å². The molecule has 1 rings (SSSR count). The molecule has 0 bridgehead atoms. The van der Waals surface area contributed by atoms with Gasteiger partial charge in [-0.1, -0.05) is 56.3 Å². The highest BCUT2D eigenvalue weighted by Gasteiger charge is 2.24. The largest absolute Gasteiger partial charge is 0.463 e. The number of ether oxygens (including phenoxy) is 1. The number of allylic oxidation sites excluding steroid dienone is 1. The molecule has 0 radical (unpaired) electrons. The monoisotopic (exact) mass is 289 g/mol. The average Bonchev–Trinajstić information content (AvgIpc) is 2.42. The summed E-state index contributed by atoms with van der Waals surface area (Å²) < 4.78 is 5.05. The number of carbonyl (C=O) groups excluding carboxylic acids is 1. The summed E-state index contributed by atoms with van der Waals surface area (Å²) in [6.07, 6.45) is 3.13. The van der Waals surface area contributed by atoms with Gasteiger partial charge in [0.05, 0.1) is 12.8 Å². The van der Waals surface area contributed by atoms with E-state index in [1.54, 1.807) is 13.0 Å². The molecule has 0 heterocycles. The van der Waals surface area contributed by atoms with Crippen molar-refractivity contribution in [2.45, 2.75) is 34.3 Å². The lowest BCUT2D eigenvalue weighted by Gasteiger charge is -2.20. The molecule has 0 aliphatic rings. The van der Waals surface area contributed by atoms with Gasteiger partial charge in [0.25, 0.3) is 0 Å². The van der Waals surface area contributed by atoms with Gasteiger partial charge in [-0.2, -0.15) is 0 Å². The maximum atomic E-state index is 11.9. The van der Waals surface area contributed by atoms with E-state index < -0.39 is 0 Å². The summed E-state index contributed by atoms with van der Waals surface area (Å²) in [6.45, 7) is 8.40. The van der Waals surface area contributed by atoms with Gasteiger partial charge in [0.15, 0.2) is 0 Å². The number of oxime groups is 1. The first kappa shape index (κ1) is 17.0. The second-order valence-electron chi connectivity index (χ2n) is 5.56. The minimum Gasteiger partial charge on any atom is -0.463 e. The molecular weight excluding hydrogens is 266 g/mol. The van der Waals surface area contributed by atoms with Gasteiger partial charge in [-0.05, 0) is 24.0 Å². The quantitative estimate of drug-likeness (QED) is 0.347. The Bertz CT molecular complexity index is 499. The summed E-state index contributed by atoms with van der Waals surface area (Å²) in [4.78, 5) is 17.1. The van der Waals surface area contributed by atoms with E-state index >= 15 is 0 Å². The summed E-state index contributed by atoms with van der Waals surface area (Å²) >= 11 is 0. The maximum absolute atomic E-state index is 11.9. The van der Waals surface area contributed by atoms with Crippen LogP contribution in [0.2, 0.25) is 0 Å². The molecule has 0 saturated heterocycles. The molecule has 0 spiro atoms. The van der Waals surface area contributed by atoms with E-state index in [2.05, 4.69) is 5.16 Å². The summed E-state index contributed by atoms with van der Waals surface area (Å²) in [5.41, 5.74) is 1.30. The van der Waals surface area contributed by atoms with Gasteiger partial charge in [0.1, 0.15) is 6.61 Å². The number of carbonyl (C=O) groups is 1. The number of esters is 1. The molecule has 0 fully saturated rings. The van der Waals surface area contributed by atoms with Crippen LogP contribution in [-0.4, -0.2) is 18.8 Å². The molecule has 0 atom stereocenters. The van der Waals surface area contributed by atoms with Gasteiger partial charge in [0.2, 0.25) is 0 Å². The van der Waals surface area contributed by atoms with Crippen LogP contribution in [-0.2, 0) is 21.0 Å². The van der Waals surface area contributed by atoms with Crippen molar-refractivity contribution in [3.8, 4) is 0 Å². The highest BCUT2D eigenvalue weighted by molar-refractivity contribution is 5.94. The predicted molar refractivity (Wildman–Crippen MR) is 83.9 cm³/mol. The van der Waals surface area contributed by atoms with Crippen molar-refractivity contribution in [2.75, 3.05) is 6.61 Å². The Morgan fingerprint density at radius 2 is 1.90 bits per heavy atom. The summed E-state index contributed by atoms with van der Waals surface area (Å²) in [7, 11) is 0. The fraction of sp³-hybridized carbons (Fsp3) is 0.412. The lowest BCUT2D eigenvalue weighted by Crippen LogP contribution is -2.20. The smallest absolute Gasteiger partial charge is 0.334 e. The van der Waals surface area contributed by atoms with Crippen molar-refractivity contribution in [3.63, 3.8) is 0 Å². The Labute approximate surface area is 126 Å². The molecule has 0 aliphatic heterocycles. The van der Waals surface area contributed by atoms with Crippen molar-refractivity contribution in [1.29, 1.82) is 0 Å². The molecule has 1 aromatic rings. The lowest BCUT2D eigenvalue weighted by molar-refractivity contribution is -0.139. The van der Waals surface area contributed by atoms with Crippen LogP contribution < -0.4 is 0 Å². The van der Waals surface area contributed by atoms with Gasteiger partial charge >= 0.3 is 5.97 Å². The highest BCUT2D eigenvalue weighted by atomic mass is 16.6. The van der Waals surface area contributed by atoms with Gasteiger partial charge in [-0.3, -0.25) is 0 Å². The standard InChI is InChI=1S/C17H23NO3/c1-5-20-16(19)15(17(2,3)4)11-12-18-21-13-14-9-7-6-8-10-14/h6-12H,5,13H2,1-4H3/b15-11-,18-12+. The van der Waals surface area contributed by atoms with E-state index in [4.69, 9.17) is 9.57 Å². The van der Waals surface area contributed by atoms with Crippen LogP contribution in [0.25, 0.3) is 0 Å². The van der Waals surface area contributed by atoms with Gasteiger partial charge in [-0.25, -0.2) is 4.79 Å². The van der Waals surface area contributed by atoms with Crippen LogP contribution in [0, 0.1) is 5.41 Å². The fourth-order valence-electron chi connectivity index (χ4n) is 1.67. The molecule has 21 heavy (non-hydrogen) atoms. The second kappa shape index (κ2) is 8.25. The van der Waals surface area contributed by atoms with E-state index in [-0.39, 0.29) is 11.4 Å². The van der Waals surface area contributed by atoms with Crippen LogP contribution in [0.15, 0.2) is 47.1 Å². The molecule has 0 unspecified atom stereocenters. The van der Waals surface area contributed by atoms with Crippen LogP contribution in [0.1, 0.15) is 33.3 Å². The summed E-state index contributed by atoms with van der Waals surface area (Å²) in [5.74, 6) is -0.320. The second-order valence-corrected chi connectivity index (χ2v) is 5.56. The molecular formula is C17H23NO3. The van der Waals surface area contributed by atoms with Crippen molar-refractivity contribution in [2.24, 2.45) is 10.6 Å².